The highest BCUT2D eigenvalue weighted by atomic mass is 16.7. The fourth-order valence-corrected chi connectivity index (χ4v) is 1.43. The molecule has 0 bridgehead atoms. The zero-order chi connectivity index (χ0) is 12.1. The van der Waals surface area contributed by atoms with Crippen LogP contribution in [0.4, 0.5) is 4.79 Å². The van der Waals surface area contributed by atoms with Crippen molar-refractivity contribution in [1.29, 1.82) is 0 Å². The predicted molar refractivity (Wildman–Crippen MR) is 61.2 cm³/mol. The predicted octanol–water partition coefficient (Wildman–Crippen LogP) is 0.756. The van der Waals surface area contributed by atoms with Gasteiger partial charge in [0.05, 0.1) is 18.9 Å². The summed E-state index contributed by atoms with van der Waals surface area (Å²) in [5, 5.41) is 3.75. The van der Waals surface area contributed by atoms with Crippen LogP contribution < -0.4 is 11.2 Å². The highest BCUT2D eigenvalue weighted by molar-refractivity contribution is 5.88. The molecule has 17 heavy (non-hydrogen) atoms. The molecule has 90 valence electrons. The number of ether oxygens (including phenoxy) is 2. The van der Waals surface area contributed by atoms with Crippen LogP contribution in [0.15, 0.2) is 35.4 Å². The molecular weight excluding hydrogens is 222 g/mol. The number of hydrazone groups is 1. The second-order valence-electron chi connectivity index (χ2n) is 3.52. The molecule has 0 atom stereocenters. The van der Waals surface area contributed by atoms with Gasteiger partial charge in [0, 0.05) is 5.56 Å². The Balaban J connectivity index is 1.90. The molecule has 1 heterocycles. The van der Waals surface area contributed by atoms with Crippen molar-refractivity contribution in [2.75, 3.05) is 13.2 Å². The van der Waals surface area contributed by atoms with Crippen molar-refractivity contribution < 1.29 is 14.3 Å². The molecule has 1 aromatic carbocycles. The van der Waals surface area contributed by atoms with E-state index in [1.165, 1.54) is 0 Å². The minimum atomic E-state index is -0.706. The maximum atomic E-state index is 10.5. The van der Waals surface area contributed by atoms with Gasteiger partial charge < -0.3 is 15.2 Å². The minimum absolute atomic E-state index is 0.305. The molecule has 2 amide bonds. The van der Waals surface area contributed by atoms with E-state index >= 15 is 0 Å². The number of benzene rings is 1. The first-order valence-corrected chi connectivity index (χ1v) is 5.15. The molecule has 1 saturated heterocycles. The van der Waals surface area contributed by atoms with E-state index in [9.17, 15) is 4.79 Å². The number of hydrogen-bond donors (Lipinski definition) is 2. The lowest BCUT2D eigenvalue weighted by Gasteiger charge is -2.24. The largest absolute Gasteiger partial charge is 0.350 e. The van der Waals surface area contributed by atoms with Crippen LogP contribution in [-0.2, 0) is 9.47 Å². The summed E-state index contributed by atoms with van der Waals surface area (Å²) in [6, 6.07) is 8.90. The van der Waals surface area contributed by atoms with Crippen molar-refractivity contribution in [3.63, 3.8) is 0 Å². The van der Waals surface area contributed by atoms with Crippen LogP contribution in [0.2, 0.25) is 0 Å². The van der Waals surface area contributed by atoms with Gasteiger partial charge >= 0.3 is 6.03 Å². The zero-order valence-corrected chi connectivity index (χ0v) is 9.13. The first-order valence-electron chi connectivity index (χ1n) is 5.15. The van der Waals surface area contributed by atoms with Crippen LogP contribution >= 0.6 is 0 Å². The third-order valence-corrected chi connectivity index (χ3v) is 2.20. The molecule has 0 aromatic heterocycles. The third-order valence-electron chi connectivity index (χ3n) is 2.20. The number of amides is 2. The summed E-state index contributed by atoms with van der Waals surface area (Å²) < 4.78 is 10.9. The van der Waals surface area contributed by atoms with Crippen molar-refractivity contribution in [2.45, 2.75) is 6.29 Å². The van der Waals surface area contributed by atoms with E-state index in [2.05, 4.69) is 10.5 Å². The summed E-state index contributed by atoms with van der Waals surface area (Å²) in [6.07, 6.45) is -0.385. The van der Waals surface area contributed by atoms with E-state index in [1.54, 1.807) is 0 Å². The molecule has 1 aromatic rings. The molecule has 1 aliphatic rings. The van der Waals surface area contributed by atoms with Crippen molar-refractivity contribution in [1.82, 2.24) is 5.43 Å². The lowest BCUT2D eigenvalue weighted by atomic mass is 10.2. The molecule has 0 saturated carbocycles. The van der Waals surface area contributed by atoms with Crippen LogP contribution in [0.5, 0.6) is 0 Å². The van der Waals surface area contributed by atoms with Crippen LogP contribution in [0.1, 0.15) is 11.9 Å². The lowest BCUT2D eigenvalue weighted by molar-refractivity contribution is -0.143. The van der Waals surface area contributed by atoms with Crippen molar-refractivity contribution in [3.05, 3.63) is 35.9 Å². The Labute approximate surface area is 98.4 Å². The standard InChI is InChI=1S/C11H13N3O3/c12-11(15)14-13-9-6-16-10(17-7-9)8-4-2-1-3-5-8/h1-5,10H,6-7H2,(H3,12,14,15). The average molecular weight is 235 g/mol. The Morgan fingerprint density at radius 2 is 1.94 bits per heavy atom. The number of hydrogen-bond acceptors (Lipinski definition) is 4. The lowest BCUT2D eigenvalue weighted by Crippen LogP contribution is -2.32. The number of carbonyl (C=O) groups excluding carboxylic acids is 1. The number of urea groups is 1. The monoisotopic (exact) mass is 235 g/mol. The van der Waals surface area contributed by atoms with Gasteiger partial charge in [0.25, 0.3) is 0 Å². The molecule has 6 nitrogen and oxygen atoms in total. The molecule has 3 N–H and O–H groups in total. The molecule has 0 radical (unpaired) electrons. The van der Waals surface area contributed by atoms with Crippen LogP contribution in [-0.4, -0.2) is 25.0 Å². The second-order valence-corrected chi connectivity index (χ2v) is 3.52. The van der Waals surface area contributed by atoms with Crippen molar-refractivity contribution in [2.24, 2.45) is 10.8 Å². The van der Waals surface area contributed by atoms with Gasteiger partial charge in [0.1, 0.15) is 0 Å². The molecule has 1 aliphatic heterocycles. The minimum Gasteiger partial charge on any atom is -0.350 e. The van der Waals surface area contributed by atoms with Gasteiger partial charge in [-0.15, -0.1) is 0 Å². The number of nitrogens with two attached hydrogens (primary N) is 1. The summed E-state index contributed by atoms with van der Waals surface area (Å²) in [4.78, 5) is 10.5. The fourth-order valence-electron chi connectivity index (χ4n) is 1.43. The Morgan fingerprint density at radius 1 is 1.29 bits per heavy atom. The van der Waals surface area contributed by atoms with Gasteiger partial charge in [-0.25, -0.2) is 10.2 Å². The van der Waals surface area contributed by atoms with Gasteiger partial charge in [-0.2, -0.15) is 5.10 Å². The normalized spacial score (nSPS) is 19.8. The summed E-state index contributed by atoms with van der Waals surface area (Å²) in [5.74, 6) is 0. The maximum Gasteiger partial charge on any atom is 0.332 e. The summed E-state index contributed by atoms with van der Waals surface area (Å²) >= 11 is 0. The number of primary amides is 1. The van der Waals surface area contributed by atoms with Crippen LogP contribution in [0.3, 0.4) is 0 Å². The van der Waals surface area contributed by atoms with Gasteiger partial charge in [-0.05, 0) is 0 Å². The Bertz CT molecular complexity index is 409. The summed E-state index contributed by atoms with van der Waals surface area (Å²) in [5.41, 5.74) is 8.57. The van der Waals surface area contributed by atoms with Gasteiger partial charge in [-0.3, -0.25) is 0 Å². The molecular formula is C11H13N3O3. The van der Waals surface area contributed by atoms with Crippen LogP contribution in [0.25, 0.3) is 0 Å². The maximum absolute atomic E-state index is 10.5. The Hall–Kier alpha value is -1.92. The molecule has 6 heteroatoms. The SMILES string of the molecule is NC(=O)NN=C1COC(c2ccccc2)OC1. The van der Waals surface area contributed by atoms with E-state index in [0.29, 0.717) is 18.9 Å². The third kappa shape index (κ3) is 3.27. The van der Waals surface area contributed by atoms with E-state index < -0.39 is 6.03 Å². The first kappa shape index (κ1) is 11.6. The zero-order valence-electron chi connectivity index (χ0n) is 9.13. The topological polar surface area (TPSA) is 85.9 Å². The Morgan fingerprint density at radius 3 is 2.53 bits per heavy atom. The molecule has 0 unspecified atom stereocenters. The summed E-state index contributed by atoms with van der Waals surface area (Å²) in [7, 11) is 0. The highest BCUT2D eigenvalue weighted by Gasteiger charge is 2.20. The van der Waals surface area contributed by atoms with E-state index in [-0.39, 0.29) is 6.29 Å². The van der Waals surface area contributed by atoms with E-state index in [4.69, 9.17) is 15.2 Å². The van der Waals surface area contributed by atoms with Crippen molar-refractivity contribution in [3.8, 4) is 0 Å². The number of rotatable bonds is 2. The van der Waals surface area contributed by atoms with Gasteiger partial charge in [-0.1, -0.05) is 30.3 Å². The number of carbonyl (C=O) groups is 1. The quantitative estimate of drug-likeness (QED) is 0.742. The number of nitrogens with zero attached hydrogens (tertiary/aromatic N) is 1. The van der Waals surface area contributed by atoms with E-state index in [1.807, 2.05) is 30.3 Å². The average Bonchev–Trinajstić information content (AvgIpc) is 2.38. The fraction of sp³-hybridized carbons (Fsp3) is 0.273. The molecule has 0 spiro atoms. The Kier molecular flexibility index (Phi) is 3.69. The molecule has 0 aliphatic carbocycles. The van der Waals surface area contributed by atoms with Gasteiger partial charge in [0.2, 0.25) is 0 Å². The van der Waals surface area contributed by atoms with Crippen molar-refractivity contribution >= 4 is 11.7 Å². The summed E-state index contributed by atoms with van der Waals surface area (Å²) in [6.45, 7) is 0.611. The highest BCUT2D eigenvalue weighted by Crippen LogP contribution is 2.21. The number of nitrogens with one attached hydrogen (secondary N) is 1. The van der Waals surface area contributed by atoms with Gasteiger partial charge in [0.15, 0.2) is 6.29 Å². The van der Waals surface area contributed by atoms with E-state index in [0.717, 1.165) is 5.56 Å². The van der Waals surface area contributed by atoms with Crippen LogP contribution in [0, 0.1) is 0 Å². The molecule has 2 rings (SSSR count). The second kappa shape index (κ2) is 5.42. The molecule has 1 fully saturated rings. The smallest absolute Gasteiger partial charge is 0.332 e. The first-order chi connectivity index (χ1) is 8.25.